The minimum Gasteiger partial charge on any atom is -0.361 e. The van der Waals surface area contributed by atoms with E-state index in [1.807, 2.05) is 11.3 Å². The molecule has 0 atom stereocenters. The number of thiazole rings is 1. The van der Waals surface area contributed by atoms with Crippen LogP contribution in [0.4, 0.5) is 0 Å². The number of hydrogen-bond acceptors (Lipinski definition) is 2. The Morgan fingerprint density at radius 1 is 1.15 bits per heavy atom. The fourth-order valence-electron chi connectivity index (χ4n) is 3.93. The van der Waals surface area contributed by atoms with E-state index in [1.165, 1.54) is 32.1 Å². The molecule has 3 heteroatoms. The van der Waals surface area contributed by atoms with Crippen molar-refractivity contribution < 1.29 is 0 Å². The van der Waals surface area contributed by atoms with Crippen LogP contribution in [-0.2, 0) is 23.7 Å². The molecule has 0 spiro atoms. The van der Waals surface area contributed by atoms with Crippen molar-refractivity contribution in [1.82, 2.24) is 9.97 Å². The molecule has 26 heavy (non-hydrogen) atoms. The molecule has 1 aliphatic rings. The van der Waals surface area contributed by atoms with E-state index >= 15 is 0 Å². The number of hydrogen-bond donors (Lipinski definition) is 1. The van der Waals surface area contributed by atoms with Gasteiger partial charge in [0.25, 0.3) is 0 Å². The predicted molar refractivity (Wildman–Crippen MR) is 113 cm³/mol. The summed E-state index contributed by atoms with van der Waals surface area (Å²) in [6.45, 7) is 11.4. The molecule has 1 aromatic carbocycles. The van der Waals surface area contributed by atoms with E-state index in [0.717, 1.165) is 24.8 Å². The zero-order valence-corrected chi connectivity index (χ0v) is 17.3. The molecule has 136 valence electrons. The fraction of sp³-hybridized carbons (Fsp3) is 0.435. The highest BCUT2D eigenvalue weighted by atomic mass is 32.1. The minimum absolute atomic E-state index is 0.103. The van der Waals surface area contributed by atoms with Crippen molar-refractivity contribution in [3.63, 3.8) is 0 Å². The molecular weight excluding hydrogens is 336 g/mol. The number of nitrogens with one attached hydrogen (secondary N) is 1. The average Bonchev–Trinajstić information content (AvgIpc) is 3.18. The van der Waals surface area contributed by atoms with Gasteiger partial charge in [0.1, 0.15) is 0 Å². The fourth-order valence-corrected chi connectivity index (χ4v) is 4.93. The van der Waals surface area contributed by atoms with Gasteiger partial charge in [-0.25, -0.2) is 4.98 Å². The SMILES string of the molecule is CC(C)(C)c1nc2cc(CC(C)(C)c3c[nH]c4c3CCC=C4)ccc2s1. The summed E-state index contributed by atoms with van der Waals surface area (Å²) in [5.74, 6) is 0. The molecule has 0 bridgehead atoms. The summed E-state index contributed by atoms with van der Waals surface area (Å²) >= 11 is 1.82. The van der Waals surface area contributed by atoms with E-state index in [-0.39, 0.29) is 10.8 Å². The third-order valence-electron chi connectivity index (χ3n) is 5.34. The quantitative estimate of drug-likeness (QED) is 0.572. The lowest BCUT2D eigenvalue weighted by atomic mass is 9.77. The highest BCUT2D eigenvalue weighted by Gasteiger charge is 2.27. The molecule has 0 fully saturated rings. The van der Waals surface area contributed by atoms with Crippen LogP contribution in [0.2, 0.25) is 0 Å². The van der Waals surface area contributed by atoms with Gasteiger partial charge in [0.05, 0.1) is 15.2 Å². The second-order valence-corrected chi connectivity index (χ2v) is 10.2. The Kier molecular flexibility index (Phi) is 4.11. The van der Waals surface area contributed by atoms with E-state index in [2.05, 4.69) is 76.2 Å². The van der Waals surface area contributed by atoms with Gasteiger partial charge in [-0.1, -0.05) is 46.8 Å². The first kappa shape index (κ1) is 17.5. The van der Waals surface area contributed by atoms with Crippen molar-refractivity contribution in [2.75, 3.05) is 0 Å². The number of aromatic nitrogens is 2. The Labute approximate surface area is 160 Å². The molecule has 4 rings (SSSR count). The van der Waals surface area contributed by atoms with Crippen LogP contribution in [0.5, 0.6) is 0 Å². The molecule has 0 radical (unpaired) electrons. The number of fused-ring (bicyclic) bond motifs is 2. The topological polar surface area (TPSA) is 28.7 Å². The van der Waals surface area contributed by atoms with Gasteiger partial charge in [-0.2, -0.15) is 0 Å². The number of allylic oxidation sites excluding steroid dienone is 1. The van der Waals surface area contributed by atoms with Crippen molar-refractivity contribution >= 4 is 27.6 Å². The molecule has 0 aliphatic heterocycles. The monoisotopic (exact) mass is 364 g/mol. The van der Waals surface area contributed by atoms with Crippen molar-refractivity contribution in [2.45, 2.75) is 64.7 Å². The predicted octanol–water partition coefficient (Wildman–Crippen LogP) is 6.40. The van der Waals surface area contributed by atoms with Crippen molar-refractivity contribution in [3.8, 4) is 0 Å². The van der Waals surface area contributed by atoms with Crippen LogP contribution in [0.3, 0.4) is 0 Å². The Morgan fingerprint density at radius 3 is 2.73 bits per heavy atom. The van der Waals surface area contributed by atoms with Crippen LogP contribution >= 0.6 is 11.3 Å². The summed E-state index contributed by atoms with van der Waals surface area (Å²) in [5.41, 5.74) is 6.99. The molecule has 2 aromatic heterocycles. The smallest absolute Gasteiger partial charge is 0.0992 e. The maximum absolute atomic E-state index is 4.91. The molecule has 0 unspecified atom stereocenters. The Balaban J connectivity index is 1.65. The van der Waals surface area contributed by atoms with Gasteiger partial charge in [0, 0.05) is 17.3 Å². The summed E-state index contributed by atoms with van der Waals surface area (Å²) in [6.07, 6.45) is 10.0. The Hall–Kier alpha value is -1.87. The van der Waals surface area contributed by atoms with Crippen LogP contribution in [0.15, 0.2) is 30.5 Å². The van der Waals surface area contributed by atoms with Gasteiger partial charge in [0.15, 0.2) is 0 Å². The lowest BCUT2D eigenvalue weighted by Gasteiger charge is -2.26. The highest BCUT2D eigenvalue weighted by Crippen LogP contribution is 2.36. The third kappa shape index (κ3) is 3.14. The van der Waals surface area contributed by atoms with Gasteiger partial charge in [0.2, 0.25) is 0 Å². The van der Waals surface area contributed by atoms with Crippen LogP contribution in [0.1, 0.15) is 68.4 Å². The standard InChI is InChI=1S/C23H28N2S/c1-22(2,3)21-25-19-12-15(10-11-20(19)26-21)13-23(4,5)17-14-24-18-9-7-6-8-16(17)18/h7,9-12,14,24H,6,8,13H2,1-5H3. The maximum Gasteiger partial charge on any atom is 0.0992 e. The zero-order valence-electron chi connectivity index (χ0n) is 16.4. The molecular formula is C23H28N2S. The number of aromatic amines is 1. The van der Waals surface area contributed by atoms with E-state index in [0.29, 0.717) is 0 Å². The third-order valence-corrected chi connectivity index (χ3v) is 6.80. The molecule has 3 aromatic rings. The molecule has 1 aliphatic carbocycles. The van der Waals surface area contributed by atoms with Crippen LogP contribution in [-0.4, -0.2) is 9.97 Å². The summed E-state index contributed by atoms with van der Waals surface area (Å²) in [6, 6.07) is 6.83. The second-order valence-electron chi connectivity index (χ2n) is 9.17. The van der Waals surface area contributed by atoms with Gasteiger partial charge in [-0.3, -0.25) is 0 Å². The number of H-pyrrole nitrogens is 1. The van der Waals surface area contributed by atoms with E-state index < -0.39 is 0 Å². The Bertz CT molecular complexity index is 979. The summed E-state index contributed by atoms with van der Waals surface area (Å²) in [5, 5.41) is 1.22. The first-order chi connectivity index (χ1) is 12.2. The largest absolute Gasteiger partial charge is 0.361 e. The first-order valence-corrected chi connectivity index (χ1v) is 10.3. The number of rotatable bonds is 3. The van der Waals surface area contributed by atoms with Gasteiger partial charge in [-0.05, 0) is 59.6 Å². The van der Waals surface area contributed by atoms with Crippen molar-refractivity contribution in [3.05, 3.63) is 57.9 Å². The second kappa shape index (κ2) is 6.09. The van der Waals surface area contributed by atoms with Crippen LogP contribution in [0, 0.1) is 0 Å². The number of benzene rings is 1. The summed E-state index contributed by atoms with van der Waals surface area (Å²) < 4.78 is 1.29. The normalized spacial score (nSPS) is 14.8. The average molecular weight is 365 g/mol. The molecule has 0 amide bonds. The minimum atomic E-state index is 0.103. The van der Waals surface area contributed by atoms with Gasteiger partial charge < -0.3 is 4.98 Å². The van der Waals surface area contributed by atoms with E-state index in [9.17, 15) is 0 Å². The lowest BCUT2D eigenvalue weighted by molar-refractivity contribution is 0.518. The van der Waals surface area contributed by atoms with Gasteiger partial charge >= 0.3 is 0 Å². The van der Waals surface area contributed by atoms with E-state index in [4.69, 9.17) is 4.98 Å². The summed E-state index contributed by atoms with van der Waals surface area (Å²) in [7, 11) is 0. The van der Waals surface area contributed by atoms with Crippen molar-refractivity contribution in [2.24, 2.45) is 0 Å². The van der Waals surface area contributed by atoms with Gasteiger partial charge in [-0.15, -0.1) is 11.3 Å². The molecule has 2 nitrogen and oxygen atoms in total. The zero-order chi connectivity index (χ0) is 18.5. The Morgan fingerprint density at radius 2 is 1.96 bits per heavy atom. The van der Waals surface area contributed by atoms with E-state index in [1.54, 1.807) is 0 Å². The number of nitrogens with zero attached hydrogens (tertiary/aromatic N) is 1. The van der Waals surface area contributed by atoms with Crippen LogP contribution in [0.25, 0.3) is 16.3 Å². The first-order valence-electron chi connectivity index (χ1n) is 9.51. The molecule has 0 saturated heterocycles. The van der Waals surface area contributed by atoms with Crippen molar-refractivity contribution in [1.29, 1.82) is 0 Å². The molecule has 0 saturated carbocycles. The molecule has 2 heterocycles. The molecule has 1 N–H and O–H groups in total. The van der Waals surface area contributed by atoms with Crippen LogP contribution < -0.4 is 0 Å². The highest BCUT2D eigenvalue weighted by molar-refractivity contribution is 7.18. The maximum atomic E-state index is 4.91. The summed E-state index contributed by atoms with van der Waals surface area (Å²) in [4.78, 5) is 8.38. The lowest BCUT2D eigenvalue weighted by Crippen LogP contribution is -2.21.